The molecule has 0 aromatic carbocycles. The lowest BCUT2D eigenvalue weighted by Crippen LogP contribution is -2.34. The Balaban J connectivity index is 2.00. The molecule has 0 aliphatic carbocycles. The summed E-state index contributed by atoms with van der Waals surface area (Å²) in [4.78, 5) is 2.46. The van der Waals surface area contributed by atoms with E-state index in [1.54, 1.807) is 0 Å². The summed E-state index contributed by atoms with van der Waals surface area (Å²) in [6, 6.07) is 1.33. The van der Waals surface area contributed by atoms with Crippen LogP contribution in [0.3, 0.4) is 0 Å². The van der Waals surface area contributed by atoms with Crippen LogP contribution in [0.25, 0.3) is 0 Å². The first-order valence-electron chi connectivity index (χ1n) is 6.75. The van der Waals surface area contributed by atoms with Gasteiger partial charge >= 0.3 is 0 Å². The molecule has 0 saturated carbocycles. The molecule has 1 heterocycles. The van der Waals surface area contributed by atoms with E-state index in [1.165, 1.54) is 32.2 Å². The van der Waals surface area contributed by atoms with Crippen molar-refractivity contribution in [3.63, 3.8) is 0 Å². The predicted octanol–water partition coefficient (Wildman–Crippen LogP) is 1.88. The van der Waals surface area contributed by atoms with Crippen LogP contribution in [-0.4, -0.2) is 50.3 Å². The van der Waals surface area contributed by atoms with Crippen molar-refractivity contribution in [3.8, 4) is 0 Å². The average Bonchev–Trinajstić information content (AvgIpc) is 2.79. The third kappa shape index (κ3) is 5.28. The lowest BCUT2D eigenvalue weighted by atomic mass is 10.1. The van der Waals surface area contributed by atoms with Gasteiger partial charge in [-0.05, 0) is 52.7 Å². The zero-order valence-corrected chi connectivity index (χ0v) is 11.2. The Bertz CT molecular complexity index is 169. The lowest BCUT2D eigenvalue weighted by Gasteiger charge is -2.23. The minimum atomic E-state index is 0.660. The molecule has 1 fully saturated rings. The second-order valence-corrected chi connectivity index (χ2v) is 5.00. The fraction of sp³-hybridized carbons (Fsp3) is 1.00. The second kappa shape index (κ2) is 8.04. The summed E-state index contributed by atoms with van der Waals surface area (Å²) in [6.45, 7) is 8.73. The van der Waals surface area contributed by atoms with Crippen molar-refractivity contribution in [2.75, 3.05) is 33.4 Å². The highest BCUT2D eigenvalue weighted by Gasteiger charge is 2.19. The summed E-state index contributed by atoms with van der Waals surface area (Å²) >= 11 is 0. The summed E-state index contributed by atoms with van der Waals surface area (Å²) in [6.07, 6.45) is 4.99. The molecular weight excluding hydrogens is 200 g/mol. The van der Waals surface area contributed by atoms with Gasteiger partial charge in [0.1, 0.15) is 0 Å². The first-order valence-corrected chi connectivity index (χ1v) is 6.75. The maximum absolute atomic E-state index is 5.40. The van der Waals surface area contributed by atoms with E-state index in [1.807, 2.05) is 0 Å². The van der Waals surface area contributed by atoms with E-state index in [9.17, 15) is 0 Å². The second-order valence-electron chi connectivity index (χ2n) is 5.00. The van der Waals surface area contributed by atoms with Gasteiger partial charge in [0.15, 0.2) is 0 Å². The van der Waals surface area contributed by atoms with Gasteiger partial charge in [0.05, 0.1) is 6.61 Å². The van der Waals surface area contributed by atoms with Gasteiger partial charge in [-0.25, -0.2) is 0 Å². The Kier molecular flexibility index (Phi) is 7.01. The van der Waals surface area contributed by atoms with Gasteiger partial charge in [-0.3, -0.25) is 0 Å². The minimum Gasteiger partial charge on any atom is -0.380 e. The summed E-state index contributed by atoms with van der Waals surface area (Å²) in [5, 5.41) is 3.53. The van der Waals surface area contributed by atoms with Crippen molar-refractivity contribution in [2.24, 2.45) is 0 Å². The van der Waals surface area contributed by atoms with Crippen LogP contribution in [0, 0.1) is 0 Å². The summed E-state index contributed by atoms with van der Waals surface area (Å²) in [5.41, 5.74) is 0. The quantitative estimate of drug-likeness (QED) is 0.686. The molecule has 1 saturated heterocycles. The van der Waals surface area contributed by atoms with Crippen molar-refractivity contribution in [3.05, 3.63) is 0 Å². The van der Waals surface area contributed by atoms with Gasteiger partial charge in [0, 0.05) is 18.7 Å². The zero-order valence-electron chi connectivity index (χ0n) is 11.2. The monoisotopic (exact) mass is 228 g/mol. The van der Waals surface area contributed by atoms with Crippen LogP contribution in [0.1, 0.15) is 39.5 Å². The largest absolute Gasteiger partial charge is 0.380 e. The highest BCUT2D eigenvalue weighted by molar-refractivity contribution is 4.73. The smallest absolute Gasteiger partial charge is 0.0622 e. The molecule has 1 rings (SSSR count). The number of rotatable bonds is 8. The van der Waals surface area contributed by atoms with E-state index in [2.05, 4.69) is 31.1 Å². The van der Waals surface area contributed by atoms with Crippen LogP contribution in [0.2, 0.25) is 0 Å². The third-order valence-corrected chi connectivity index (χ3v) is 3.42. The maximum atomic E-state index is 5.40. The van der Waals surface area contributed by atoms with E-state index in [-0.39, 0.29) is 0 Å². The summed E-state index contributed by atoms with van der Waals surface area (Å²) in [5.74, 6) is 0. The Hall–Kier alpha value is -0.120. The normalized spacial score (nSPS) is 22.9. The Morgan fingerprint density at radius 2 is 2.31 bits per heavy atom. The maximum Gasteiger partial charge on any atom is 0.0622 e. The van der Waals surface area contributed by atoms with Crippen LogP contribution in [0.4, 0.5) is 0 Å². The van der Waals surface area contributed by atoms with Gasteiger partial charge < -0.3 is 15.0 Å². The third-order valence-electron chi connectivity index (χ3n) is 3.42. The van der Waals surface area contributed by atoms with Gasteiger partial charge in [-0.15, -0.1) is 0 Å². The first kappa shape index (κ1) is 13.9. The molecule has 0 bridgehead atoms. The molecule has 0 radical (unpaired) electrons. The number of nitrogens with one attached hydrogen (secondary N) is 1. The van der Waals surface area contributed by atoms with Crippen molar-refractivity contribution >= 4 is 0 Å². The molecule has 0 spiro atoms. The van der Waals surface area contributed by atoms with Gasteiger partial charge in [0.25, 0.3) is 0 Å². The molecule has 16 heavy (non-hydrogen) atoms. The van der Waals surface area contributed by atoms with E-state index in [0.717, 1.165) is 19.8 Å². The number of nitrogens with zero attached hydrogens (tertiary/aromatic N) is 1. The van der Waals surface area contributed by atoms with Gasteiger partial charge in [0.2, 0.25) is 0 Å². The molecule has 0 aromatic heterocycles. The number of hydrogen-bond donors (Lipinski definition) is 1. The van der Waals surface area contributed by atoms with Crippen LogP contribution >= 0.6 is 0 Å². The molecule has 3 nitrogen and oxygen atoms in total. The van der Waals surface area contributed by atoms with Crippen LogP contribution in [0.5, 0.6) is 0 Å². The fourth-order valence-corrected chi connectivity index (χ4v) is 2.19. The fourth-order valence-electron chi connectivity index (χ4n) is 2.19. The number of hydrogen-bond acceptors (Lipinski definition) is 3. The minimum absolute atomic E-state index is 0.660. The van der Waals surface area contributed by atoms with Crippen LogP contribution < -0.4 is 5.32 Å². The van der Waals surface area contributed by atoms with Crippen molar-refractivity contribution in [1.29, 1.82) is 0 Å². The van der Waals surface area contributed by atoms with Crippen molar-refractivity contribution in [1.82, 2.24) is 10.2 Å². The molecule has 2 atom stereocenters. The Morgan fingerprint density at radius 3 is 2.94 bits per heavy atom. The lowest BCUT2D eigenvalue weighted by molar-refractivity contribution is 0.158. The molecule has 2 unspecified atom stereocenters. The van der Waals surface area contributed by atoms with Crippen molar-refractivity contribution in [2.45, 2.75) is 51.6 Å². The number of ether oxygens (including phenoxy) is 1. The van der Waals surface area contributed by atoms with Gasteiger partial charge in [-0.2, -0.15) is 0 Å². The Labute approximate surface area is 101 Å². The predicted molar refractivity (Wildman–Crippen MR) is 68.8 cm³/mol. The molecule has 3 heteroatoms. The van der Waals surface area contributed by atoms with Crippen molar-refractivity contribution < 1.29 is 4.74 Å². The van der Waals surface area contributed by atoms with E-state index in [0.29, 0.717) is 12.1 Å². The molecule has 96 valence electrons. The number of likely N-dealkylation sites (N-methyl/N-ethyl adjacent to an activating group) is 1. The first-order chi connectivity index (χ1) is 7.74. The Morgan fingerprint density at radius 1 is 1.50 bits per heavy atom. The molecule has 1 aliphatic rings. The average molecular weight is 228 g/mol. The standard InChI is InChI=1S/C13H28N2O/c1-4-8-14-12(2)6-5-9-15(3)13-7-10-16-11-13/h12-14H,4-11H2,1-3H3. The molecule has 0 amide bonds. The molecule has 0 aromatic rings. The summed E-state index contributed by atoms with van der Waals surface area (Å²) < 4.78 is 5.40. The van der Waals surface area contributed by atoms with E-state index < -0.39 is 0 Å². The van der Waals surface area contributed by atoms with Crippen LogP contribution in [0.15, 0.2) is 0 Å². The van der Waals surface area contributed by atoms with Crippen LogP contribution in [-0.2, 0) is 4.74 Å². The van der Waals surface area contributed by atoms with E-state index >= 15 is 0 Å². The summed E-state index contributed by atoms with van der Waals surface area (Å²) in [7, 11) is 2.23. The SMILES string of the molecule is CCCNC(C)CCCN(C)C1CCOC1. The molecular formula is C13H28N2O. The highest BCUT2D eigenvalue weighted by Crippen LogP contribution is 2.11. The topological polar surface area (TPSA) is 24.5 Å². The highest BCUT2D eigenvalue weighted by atomic mass is 16.5. The van der Waals surface area contributed by atoms with Gasteiger partial charge in [-0.1, -0.05) is 6.92 Å². The van der Waals surface area contributed by atoms with E-state index in [4.69, 9.17) is 4.74 Å². The molecule has 1 aliphatic heterocycles. The molecule has 1 N–H and O–H groups in total. The zero-order chi connectivity index (χ0) is 11.8.